The third-order valence-corrected chi connectivity index (χ3v) is 2.82. The van der Waals surface area contributed by atoms with E-state index >= 15 is 0 Å². The van der Waals surface area contributed by atoms with Gasteiger partial charge in [0.2, 0.25) is 0 Å². The van der Waals surface area contributed by atoms with Crippen LogP contribution in [0.1, 0.15) is 46.1 Å². The highest BCUT2D eigenvalue weighted by atomic mass is 16.6. The molecule has 1 aromatic rings. The van der Waals surface area contributed by atoms with Gasteiger partial charge in [-0.1, -0.05) is 39.8 Å². The molecule has 0 heterocycles. The Morgan fingerprint density at radius 3 is 2.22 bits per heavy atom. The summed E-state index contributed by atoms with van der Waals surface area (Å²) in [5.74, 6) is 1.49. The molecule has 0 saturated carbocycles. The summed E-state index contributed by atoms with van der Waals surface area (Å²) in [5.41, 5.74) is 1.66. The number of nitrogens with zero attached hydrogens (tertiary/aromatic N) is 1. The fourth-order valence-corrected chi connectivity index (χ4v) is 2.14. The predicted molar refractivity (Wildman–Crippen MR) is 74.4 cm³/mol. The number of hydrogen-bond acceptors (Lipinski definition) is 2. The molecular formula is C15H22NO2. The van der Waals surface area contributed by atoms with Gasteiger partial charge in [-0.15, -0.1) is 0 Å². The molecule has 0 N–H and O–H groups in total. The van der Waals surface area contributed by atoms with Gasteiger partial charge in [-0.2, -0.15) is 0 Å². The van der Waals surface area contributed by atoms with Crippen molar-refractivity contribution in [1.29, 1.82) is 0 Å². The fourth-order valence-electron chi connectivity index (χ4n) is 2.14. The van der Waals surface area contributed by atoms with E-state index in [9.17, 15) is 10.1 Å². The molecule has 3 heteroatoms. The Balaban J connectivity index is 2.46. The molecule has 0 amide bonds. The molecule has 0 atom stereocenters. The highest BCUT2D eigenvalue weighted by Gasteiger charge is 2.15. The summed E-state index contributed by atoms with van der Waals surface area (Å²) in [4.78, 5) is 10.2. The molecule has 3 nitrogen and oxygen atoms in total. The molecule has 99 valence electrons. The van der Waals surface area contributed by atoms with Gasteiger partial charge in [-0.05, 0) is 36.2 Å². The minimum absolute atomic E-state index is 0.161. The summed E-state index contributed by atoms with van der Waals surface area (Å²) in [6, 6.07) is 6.86. The Hall–Kier alpha value is -1.38. The Kier molecular flexibility index (Phi) is 4.88. The van der Waals surface area contributed by atoms with Crippen molar-refractivity contribution >= 4 is 5.69 Å². The van der Waals surface area contributed by atoms with Crippen molar-refractivity contribution < 1.29 is 4.92 Å². The average Bonchev–Trinajstić information content (AvgIpc) is 2.24. The number of non-ortho nitro benzene ring substituents is 1. The van der Waals surface area contributed by atoms with Gasteiger partial charge in [0, 0.05) is 12.1 Å². The Labute approximate surface area is 109 Å². The molecule has 1 radical (unpaired) electrons. The van der Waals surface area contributed by atoms with Crippen LogP contribution in [-0.2, 0) is 6.42 Å². The second kappa shape index (κ2) is 5.98. The van der Waals surface area contributed by atoms with Crippen LogP contribution in [0.2, 0.25) is 0 Å². The number of aryl methyl sites for hydroxylation is 1. The maximum absolute atomic E-state index is 10.5. The van der Waals surface area contributed by atoms with E-state index in [0.717, 1.165) is 24.8 Å². The maximum Gasteiger partial charge on any atom is 0.269 e. The third-order valence-electron chi connectivity index (χ3n) is 2.82. The summed E-state index contributed by atoms with van der Waals surface area (Å²) >= 11 is 0. The summed E-state index contributed by atoms with van der Waals surface area (Å²) in [6.45, 7) is 8.91. The van der Waals surface area contributed by atoms with Crippen molar-refractivity contribution in [2.24, 2.45) is 5.41 Å². The van der Waals surface area contributed by atoms with Gasteiger partial charge in [0.15, 0.2) is 0 Å². The van der Waals surface area contributed by atoms with Crippen LogP contribution in [0.3, 0.4) is 0 Å². The minimum atomic E-state index is -0.360. The third kappa shape index (κ3) is 5.30. The van der Waals surface area contributed by atoms with Crippen molar-refractivity contribution in [2.45, 2.75) is 47.0 Å². The molecule has 18 heavy (non-hydrogen) atoms. The van der Waals surface area contributed by atoms with E-state index in [0.29, 0.717) is 5.41 Å². The normalized spacial score (nSPS) is 11.8. The van der Waals surface area contributed by atoms with Crippen molar-refractivity contribution in [3.8, 4) is 0 Å². The van der Waals surface area contributed by atoms with E-state index in [1.165, 1.54) is 5.92 Å². The van der Waals surface area contributed by atoms with Gasteiger partial charge in [-0.25, -0.2) is 0 Å². The van der Waals surface area contributed by atoms with Crippen molar-refractivity contribution in [3.63, 3.8) is 0 Å². The molecule has 0 fully saturated rings. The average molecular weight is 248 g/mol. The molecule has 1 rings (SSSR count). The zero-order chi connectivity index (χ0) is 13.8. The molecule has 1 aromatic carbocycles. The summed E-state index contributed by atoms with van der Waals surface area (Å²) in [7, 11) is 0. The summed E-state index contributed by atoms with van der Waals surface area (Å²) in [5, 5.41) is 10.5. The van der Waals surface area contributed by atoms with Crippen LogP contribution in [0.4, 0.5) is 5.69 Å². The number of rotatable bonds is 5. The fraction of sp³-hybridized carbons (Fsp3) is 0.533. The quantitative estimate of drug-likeness (QED) is 0.566. The van der Waals surface area contributed by atoms with Gasteiger partial charge in [0.25, 0.3) is 5.69 Å². The van der Waals surface area contributed by atoms with Crippen molar-refractivity contribution in [1.82, 2.24) is 0 Å². The first kappa shape index (κ1) is 14.7. The van der Waals surface area contributed by atoms with Gasteiger partial charge >= 0.3 is 0 Å². The molecule has 0 aromatic heterocycles. The Bertz CT molecular complexity index is 390. The second-order valence-corrected chi connectivity index (χ2v) is 6.12. The van der Waals surface area contributed by atoms with E-state index in [1.54, 1.807) is 12.1 Å². The second-order valence-electron chi connectivity index (χ2n) is 6.12. The Morgan fingerprint density at radius 1 is 1.22 bits per heavy atom. The smallest absolute Gasteiger partial charge is 0.258 e. The van der Waals surface area contributed by atoms with Gasteiger partial charge < -0.3 is 0 Å². The van der Waals surface area contributed by atoms with Crippen LogP contribution in [0.15, 0.2) is 24.3 Å². The van der Waals surface area contributed by atoms with Crippen LogP contribution in [0.25, 0.3) is 0 Å². The van der Waals surface area contributed by atoms with E-state index < -0.39 is 0 Å². The number of nitro groups is 1. The highest BCUT2D eigenvalue weighted by Crippen LogP contribution is 2.28. The largest absolute Gasteiger partial charge is 0.269 e. The van der Waals surface area contributed by atoms with Crippen LogP contribution in [0, 0.1) is 21.4 Å². The number of benzene rings is 1. The van der Waals surface area contributed by atoms with Crippen LogP contribution >= 0.6 is 0 Å². The lowest BCUT2D eigenvalue weighted by molar-refractivity contribution is -0.384. The minimum Gasteiger partial charge on any atom is -0.258 e. The van der Waals surface area contributed by atoms with E-state index in [1.807, 2.05) is 12.1 Å². The van der Waals surface area contributed by atoms with Gasteiger partial charge in [0.1, 0.15) is 0 Å². The van der Waals surface area contributed by atoms with Gasteiger partial charge in [0.05, 0.1) is 4.92 Å². The van der Waals surface area contributed by atoms with Crippen molar-refractivity contribution in [3.05, 3.63) is 45.9 Å². The molecule has 0 bridgehead atoms. The van der Waals surface area contributed by atoms with Crippen LogP contribution in [-0.4, -0.2) is 4.92 Å². The topological polar surface area (TPSA) is 43.1 Å². The molecule has 0 aliphatic carbocycles. The van der Waals surface area contributed by atoms with Crippen molar-refractivity contribution in [2.75, 3.05) is 0 Å². The first-order valence-electron chi connectivity index (χ1n) is 6.32. The van der Waals surface area contributed by atoms with Crippen LogP contribution in [0.5, 0.6) is 0 Å². The molecular weight excluding hydrogens is 226 g/mol. The maximum atomic E-state index is 10.5. The molecule has 0 saturated heterocycles. The lowest BCUT2D eigenvalue weighted by Crippen LogP contribution is -2.10. The molecule has 0 aliphatic heterocycles. The SMILES string of the molecule is C[C](CCc1ccc([N+](=O)[O-])cc1)CC(C)(C)C. The summed E-state index contributed by atoms with van der Waals surface area (Å²) < 4.78 is 0. The Morgan fingerprint density at radius 2 is 1.78 bits per heavy atom. The molecule has 0 unspecified atom stereocenters. The predicted octanol–water partition coefficient (Wildman–Crippen LogP) is 4.56. The summed E-state index contributed by atoms with van der Waals surface area (Å²) in [6.07, 6.45) is 3.13. The monoisotopic (exact) mass is 248 g/mol. The standard InChI is InChI=1S/C15H22NO2/c1-12(11-15(2,3)4)5-6-13-7-9-14(10-8-13)16(17)18/h7-10H,5-6,11H2,1-4H3. The number of nitro benzene ring substituents is 1. The first-order chi connectivity index (χ1) is 8.28. The first-order valence-corrected chi connectivity index (χ1v) is 6.32. The lowest BCUT2D eigenvalue weighted by Gasteiger charge is -2.22. The van der Waals surface area contributed by atoms with E-state index in [4.69, 9.17) is 0 Å². The number of hydrogen-bond donors (Lipinski definition) is 0. The van der Waals surface area contributed by atoms with E-state index in [2.05, 4.69) is 27.7 Å². The van der Waals surface area contributed by atoms with Gasteiger partial charge in [-0.3, -0.25) is 10.1 Å². The van der Waals surface area contributed by atoms with E-state index in [-0.39, 0.29) is 10.6 Å². The highest BCUT2D eigenvalue weighted by molar-refractivity contribution is 5.33. The zero-order valence-corrected chi connectivity index (χ0v) is 11.7. The van der Waals surface area contributed by atoms with Crippen LogP contribution < -0.4 is 0 Å². The molecule has 0 aliphatic rings. The molecule has 0 spiro atoms. The zero-order valence-electron chi connectivity index (χ0n) is 11.7. The lowest BCUT2D eigenvalue weighted by atomic mass is 9.83.